The number of ether oxygens (including phenoxy) is 1. The van der Waals surface area contributed by atoms with Crippen LogP contribution in [0.25, 0.3) is 0 Å². The van der Waals surface area contributed by atoms with Gasteiger partial charge in [0.2, 0.25) is 0 Å². The van der Waals surface area contributed by atoms with E-state index in [-0.39, 0.29) is 5.82 Å². The molecule has 1 aromatic heterocycles. The van der Waals surface area contributed by atoms with E-state index in [2.05, 4.69) is 10.3 Å². The second kappa shape index (κ2) is 6.92. The summed E-state index contributed by atoms with van der Waals surface area (Å²) in [5.41, 5.74) is -0.879. The van der Waals surface area contributed by atoms with Crippen LogP contribution in [-0.4, -0.2) is 24.2 Å². The van der Waals surface area contributed by atoms with E-state index in [1.165, 1.54) is 31.4 Å². The van der Waals surface area contributed by atoms with Gasteiger partial charge >= 0.3 is 6.18 Å². The van der Waals surface area contributed by atoms with E-state index in [1.54, 1.807) is 0 Å². The highest BCUT2D eigenvalue weighted by atomic mass is 19.4. The number of anilines is 1. The molecule has 1 aliphatic rings. The fourth-order valence-electron chi connectivity index (χ4n) is 2.33. The van der Waals surface area contributed by atoms with Gasteiger partial charge in [-0.3, -0.25) is 0 Å². The maximum Gasteiger partial charge on any atom is 0.433 e. The summed E-state index contributed by atoms with van der Waals surface area (Å²) in [5, 5.41) is 2.86. The molecule has 0 saturated heterocycles. The molecule has 20 heavy (non-hydrogen) atoms. The van der Waals surface area contributed by atoms with Crippen LogP contribution in [0.4, 0.5) is 19.0 Å². The maximum absolute atomic E-state index is 12.5. The van der Waals surface area contributed by atoms with Gasteiger partial charge in [0.25, 0.3) is 0 Å². The molecular weight excluding hydrogens is 269 g/mol. The van der Waals surface area contributed by atoms with Crippen LogP contribution in [0.3, 0.4) is 0 Å². The Kier molecular flexibility index (Phi) is 5.23. The molecule has 0 unspecified atom stereocenters. The molecule has 2 rings (SSSR count). The Morgan fingerprint density at radius 2 is 1.95 bits per heavy atom. The van der Waals surface area contributed by atoms with Gasteiger partial charge in [-0.2, -0.15) is 13.2 Å². The topological polar surface area (TPSA) is 34.1 Å². The van der Waals surface area contributed by atoms with E-state index in [9.17, 15) is 13.2 Å². The van der Waals surface area contributed by atoms with E-state index in [0.717, 1.165) is 18.9 Å². The quantitative estimate of drug-likeness (QED) is 0.835. The van der Waals surface area contributed by atoms with E-state index >= 15 is 0 Å². The van der Waals surface area contributed by atoms with Crippen LogP contribution in [0.5, 0.6) is 0 Å². The number of rotatable bonds is 5. The molecule has 1 N–H and O–H groups in total. The number of nitrogens with zero attached hydrogens (tertiary/aromatic N) is 1. The summed E-state index contributed by atoms with van der Waals surface area (Å²) in [6, 6.07) is 3.83. The zero-order valence-electron chi connectivity index (χ0n) is 11.2. The zero-order chi connectivity index (χ0) is 14.4. The number of nitrogens with one attached hydrogen (secondary N) is 1. The molecule has 112 valence electrons. The Hall–Kier alpha value is -1.30. The third-order valence-corrected chi connectivity index (χ3v) is 3.35. The Labute approximate surface area is 116 Å². The molecule has 0 spiro atoms. The Morgan fingerprint density at radius 1 is 1.20 bits per heavy atom. The highest BCUT2D eigenvalue weighted by molar-refractivity contribution is 5.35. The van der Waals surface area contributed by atoms with Crippen LogP contribution in [0.1, 0.15) is 37.8 Å². The third-order valence-electron chi connectivity index (χ3n) is 3.35. The largest absolute Gasteiger partial charge is 0.433 e. The van der Waals surface area contributed by atoms with Gasteiger partial charge in [0.05, 0.1) is 12.7 Å². The molecule has 1 aliphatic carbocycles. The first-order valence-corrected chi connectivity index (χ1v) is 6.95. The number of hydrogen-bond acceptors (Lipinski definition) is 3. The minimum atomic E-state index is -4.41. The third kappa shape index (κ3) is 4.67. The van der Waals surface area contributed by atoms with Gasteiger partial charge in [0, 0.05) is 6.54 Å². The predicted octanol–water partition coefficient (Wildman–Crippen LogP) is 3.86. The van der Waals surface area contributed by atoms with Crippen molar-refractivity contribution in [1.82, 2.24) is 4.98 Å². The highest BCUT2D eigenvalue weighted by Gasteiger charge is 2.32. The Bertz CT molecular complexity index is 417. The van der Waals surface area contributed by atoms with Crippen LogP contribution in [0.15, 0.2) is 18.2 Å². The van der Waals surface area contributed by atoms with Crippen LogP contribution in [-0.2, 0) is 10.9 Å². The summed E-state index contributed by atoms with van der Waals surface area (Å²) in [6.45, 7) is 0.952. The van der Waals surface area contributed by atoms with Gasteiger partial charge < -0.3 is 10.1 Å². The maximum atomic E-state index is 12.5. The number of halogens is 3. The molecule has 1 heterocycles. The summed E-state index contributed by atoms with van der Waals surface area (Å²) < 4.78 is 43.1. The van der Waals surface area contributed by atoms with Crippen LogP contribution >= 0.6 is 0 Å². The lowest BCUT2D eigenvalue weighted by atomic mass is 9.98. The monoisotopic (exact) mass is 288 g/mol. The molecule has 3 nitrogen and oxygen atoms in total. The highest BCUT2D eigenvalue weighted by Crippen LogP contribution is 2.28. The molecule has 0 radical (unpaired) electrons. The van der Waals surface area contributed by atoms with Gasteiger partial charge in [0.15, 0.2) is 0 Å². The number of aromatic nitrogens is 1. The first kappa shape index (κ1) is 15.1. The van der Waals surface area contributed by atoms with Crippen LogP contribution in [0, 0.1) is 0 Å². The fourth-order valence-corrected chi connectivity index (χ4v) is 2.33. The molecule has 0 aliphatic heterocycles. The normalized spacial score (nSPS) is 17.1. The minimum absolute atomic E-state index is 0.229. The lowest BCUT2D eigenvalue weighted by Crippen LogP contribution is -2.21. The van der Waals surface area contributed by atoms with Crippen molar-refractivity contribution >= 4 is 5.82 Å². The zero-order valence-corrected chi connectivity index (χ0v) is 11.2. The average Bonchev–Trinajstić information content (AvgIpc) is 2.44. The summed E-state index contributed by atoms with van der Waals surface area (Å²) in [7, 11) is 0. The van der Waals surface area contributed by atoms with Gasteiger partial charge in [-0.25, -0.2) is 4.98 Å². The molecule has 0 atom stereocenters. The van der Waals surface area contributed by atoms with Gasteiger partial charge in [0.1, 0.15) is 11.5 Å². The average molecular weight is 288 g/mol. The van der Waals surface area contributed by atoms with Crippen molar-refractivity contribution in [2.75, 3.05) is 18.5 Å². The van der Waals surface area contributed by atoms with E-state index in [4.69, 9.17) is 4.74 Å². The molecule has 0 aromatic carbocycles. The van der Waals surface area contributed by atoms with E-state index < -0.39 is 11.9 Å². The summed E-state index contributed by atoms with van der Waals surface area (Å²) >= 11 is 0. The number of pyridine rings is 1. The number of alkyl halides is 3. The molecule has 1 saturated carbocycles. The van der Waals surface area contributed by atoms with Gasteiger partial charge in [-0.15, -0.1) is 0 Å². The second-order valence-corrected chi connectivity index (χ2v) is 4.96. The minimum Gasteiger partial charge on any atom is -0.376 e. The molecular formula is C14H19F3N2O. The Morgan fingerprint density at radius 3 is 2.65 bits per heavy atom. The smallest absolute Gasteiger partial charge is 0.376 e. The first-order valence-electron chi connectivity index (χ1n) is 6.95. The number of hydrogen-bond donors (Lipinski definition) is 1. The van der Waals surface area contributed by atoms with Gasteiger partial charge in [-0.05, 0) is 25.0 Å². The van der Waals surface area contributed by atoms with Crippen LogP contribution < -0.4 is 5.32 Å². The van der Waals surface area contributed by atoms with Crippen molar-refractivity contribution in [3.05, 3.63) is 23.9 Å². The molecule has 0 amide bonds. The van der Waals surface area contributed by atoms with Crippen molar-refractivity contribution in [2.45, 2.75) is 44.4 Å². The molecule has 1 fully saturated rings. The molecule has 0 bridgehead atoms. The standard InChI is InChI=1S/C14H19F3N2O/c15-14(16,17)12-7-4-8-13(19-12)18-9-10-20-11-5-2-1-3-6-11/h4,7-8,11H,1-3,5-6,9-10H2,(H,18,19). The predicted molar refractivity (Wildman–Crippen MR) is 70.6 cm³/mol. The van der Waals surface area contributed by atoms with Crippen molar-refractivity contribution in [2.24, 2.45) is 0 Å². The SMILES string of the molecule is FC(F)(F)c1cccc(NCCOC2CCCCC2)n1. The van der Waals surface area contributed by atoms with E-state index in [1.807, 2.05) is 0 Å². The van der Waals surface area contributed by atoms with Crippen molar-refractivity contribution in [1.29, 1.82) is 0 Å². The second-order valence-electron chi connectivity index (χ2n) is 4.96. The van der Waals surface area contributed by atoms with Crippen molar-refractivity contribution in [3.8, 4) is 0 Å². The molecule has 1 aromatic rings. The van der Waals surface area contributed by atoms with Gasteiger partial charge in [-0.1, -0.05) is 25.3 Å². The van der Waals surface area contributed by atoms with E-state index in [0.29, 0.717) is 19.3 Å². The van der Waals surface area contributed by atoms with Crippen molar-refractivity contribution in [3.63, 3.8) is 0 Å². The first-order chi connectivity index (χ1) is 9.55. The Balaban J connectivity index is 1.73. The summed E-state index contributed by atoms with van der Waals surface area (Å²) in [4.78, 5) is 3.54. The lowest BCUT2D eigenvalue weighted by molar-refractivity contribution is -0.141. The van der Waals surface area contributed by atoms with Crippen LogP contribution in [0.2, 0.25) is 0 Å². The summed E-state index contributed by atoms with van der Waals surface area (Å²) in [6.07, 6.45) is 1.74. The summed E-state index contributed by atoms with van der Waals surface area (Å²) in [5.74, 6) is 0.229. The lowest BCUT2D eigenvalue weighted by Gasteiger charge is -2.22. The van der Waals surface area contributed by atoms with Crippen molar-refractivity contribution < 1.29 is 17.9 Å². The molecule has 6 heteroatoms. The fraction of sp³-hybridized carbons (Fsp3) is 0.643.